The fraction of sp³-hybridized carbons (Fsp3) is 0.800. The minimum absolute atomic E-state index is 0.0720. The molecule has 0 heterocycles. The Morgan fingerprint density at radius 3 is 1.75 bits per heavy atom. The molecule has 5 N–H and O–H groups in total. The van der Waals surface area contributed by atoms with Gasteiger partial charge >= 0.3 is 7.82 Å². The summed E-state index contributed by atoms with van der Waals surface area (Å²) in [6.07, 6.45) is 34.8. The van der Waals surface area contributed by atoms with E-state index in [0.29, 0.717) is 6.42 Å². The van der Waals surface area contributed by atoms with Crippen LogP contribution in [0.15, 0.2) is 36.5 Å². The third-order valence-electron chi connectivity index (χ3n) is 7.45. The largest absolute Gasteiger partial charge is 0.472 e. The van der Waals surface area contributed by atoms with Gasteiger partial charge in [0.25, 0.3) is 0 Å². The number of hydrogen-bond donors (Lipinski definition) is 4. The van der Waals surface area contributed by atoms with Crippen LogP contribution in [0.5, 0.6) is 0 Å². The molecule has 0 fully saturated rings. The van der Waals surface area contributed by atoms with Crippen LogP contribution in [0.4, 0.5) is 0 Å². The zero-order valence-corrected chi connectivity index (χ0v) is 29.0. The molecule has 0 aliphatic heterocycles. The second kappa shape index (κ2) is 31.7. The van der Waals surface area contributed by atoms with E-state index >= 15 is 0 Å². The summed E-state index contributed by atoms with van der Waals surface area (Å²) in [7, 11) is -4.33. The van der Waals surface area contributed by atoms with Crippen LogP contribution < -0.4 is 11.1 Å². The second-order valence-corrected chi connectivity index (χ2v) is 13.2. The van der Waals surface area contributed by atoms with Crippen LogP contribution in [-0.4, -0.2) is 47.8 Å². The van der Waals surface area contributed by atoms with E-state index in [2.05, 4.69) is 43.5 Å². The summed E-state index contributed by atoms with van der Waals surface area (Å²) < 4.78 is 21.9. The number of carbonyl (C=O) groups excluding carboxylic acids is 1. The third-order valence-corrected chi connectivity index (χ3v) is 8.43. The van der Waals surface area contributed by atoms with Gasteiger partial charge in [0.05, 0.1) is 25.4 Å². The summed E-state index contributed by atoms with van der Waals surface area (Å²) in [4.78, 5) is 22.4. The van der Waals surface area contributed by atoms with Crippen LogP contribution in [0.1, 0.15) is 149 Å². The number of nitrogens with two attached hydrogens (primary N) is 1. The Bertz CT molecular complexity index is 789. The van der Waals surface area contributed by atoms with Gasteiger partial charge in [0, 0.05) is 13.0 Å². The molecule has 0 aromatic rings. The number of hydrogen-bond acceptors (Lipinski definition) is 6. The first-order valence-electron chi connectivity index (χ1n) is 17.6. The van der Waals surface area contributed by atoms with E-state index in [-0.39, 0.29) is 25.7 Å². The summed E-state index contributed by atoms with van der Waals surface area (Å²) in [5.41, 5.74) is 5.33. The highest BCUT2D eigenvalue weighted by atomic mass is 31.2. The van der Waals surface area contributed by atoms with Crippen molar-refractivity contribution < 1.29 is 28.4 Å². The molecule has 3 atom stereocenters. The van der Waals surface area contributed by atoms with Gasteiger partial charge < -0.3 is 21.1 Å². The number of carbonyl (C=O) groups is 1. The Morgan fingerprint density at radius 2 is 1.20 bits per heavy atom. The number of aliphatic hydroxyl groups is 1. The van der Waals surface area contributed by atoms with Gasteiger partial charge in [0.2, 0.25) is 5.91 Å². The number of allylic oxidation sites excluding steroid dienone is 5. The number of phosphoric acid groups is 1. The van der Waals surface area contributed by atoms with Gasteiger partial charge in [-0.05, 0) is 44.9 Å². The summed E-state index contributed by atoms with van der Waals surface area (Å²) >= 11 is 0. The Kier molecular flexibility index (Phi) is 30.8. The molecule has 0 aromatic heterocycles. The van der Waals surface area contributed by atoms with Crippen molar-refractivity contribution in [2.75, 3.05) is 19.8 Å². The van der Waals surface area contributed by atoms with E-state index in [0.717, 1.165) is 44.9 Å². The van der Waals surface area contributed by atoms with Crippen LogP contribution >= 0.6 is 7.82 Å². The lowest BCUT2D eigenvalue weighted by Crippen LogP contribution is -2.45. The lowest BCUT2D eigenvalue weighted by Gasteiger charge is -2.23. The molecule has 44 heavy (non-hydrogen) atoms. The molecular weight excluding hydrogens is 575 g/mol. The van der Waals surface area contributed by atoms with Crippen molar-refractivity contribution in [2.24, 2.45) is 5.73 Å². The first-order valence-corrected chi connectivity index (χ1v) is 19.1. The Labute approximate surface area is 269 Å². The first-order chi connectivity index (χ1) is 21.4. The second-order valence-electron chi connectivity index (χ2n) is 11.7. The van der Waals surface area contributed by atoms with E-state index in [1.807, 2.05) is 6.08 Å². The first kappa shape index (κ1) is 42.7. The maximum absolute atomic E-state index is 12.6. The van der Waals surface area contributed by atoms with Crippen LogP contribution in [0.2, 0.25) is 0 Å². The number of amides is 1. The highest BCUT2D eigenvalue weighted by Gasteiger charge is 2.26. The summed E-state index contributed by atoms with van der Waals surface area (Å²) in [5.74, 6) is -0.214. The topological polar surface area (TPSA) is 131 Å². The number of aliphatic hydroxyl groups excluding tert-OH is 1. The van der Waals surface area contributed by atoms with E-state index in [1.165, 1.54) is 83.5 Å². The normalized spacial score (nSPS) is 14.9. The Morgan fingerprint density at radius 1 is 0.727 bits per heavy atom. The van der Waals surface area contributed by atoms with E-state index < -0.39 is 20.0 Å². The molecule has 0 rings (SSSR count). The molecule has 0 spiro atoms. The van der Waals surface area contributed by atoms with Crippen LogP contribution in [0.3, 0.4) is 0 Å². The maximum Gasteiger partial charge on any atom is 0.472 e. The van der Waals surface area contributed by atoms with Crippen molar-refractivity contribution in [1.82, 2.24) is 5.32 Å². The van der Waals surface area contributed by atoms with E-state index in [4.69, 9.17) is 14.8 Å². The molecule has 0 bridgehead atoms. The van der Waals surface area contributed by atoms with E-state index in [9.17, 15) is 19.4 Å². The number of phosphoric ester groups is 1. The molecular formula is C35H67N2O6P. The average molecular weight is 643 g/mol. The van der Waals surface area contributed by atoms with Gasteiger partial charge in [-0.25, -0.2) is 4.57 Å². The minimum Gasteiger partial charge on any atom is -0.387 e. The SMILES string of the molecule is CCCCCCCC/C=C/CC/C=C/CC/C=C/C(O)C(COP(=O)(O)OCCN)NC(=O)CCCCCCCCCCC. The molecule has 3 unspecified atom stereocenters. The zero-order valence-electron chi connectivity index (χ0n) is 28.1. The van der Waals surface area contributed by atoms with Crippen molar-refractivity contribution in [3.63, 3.8) is 0 Å². The predicted octanol–water partition coefficient (Wildman–Crippen LogP) is 8.82. The molecule has 0 saturated heterocycles. The molecule has 9 heteroatoms. The smallest absolute Gasteiger partial charge is 0.387 e. The lowest BCUT2D eigenvalue weighted by atomic mass is 10.1. The monoisotopic (exact) mass is 642 g/mol. The van der Waals surface area contributed by atoms with Gasteiger partial charge in [-0.1, -0.05) is 134 Å². The van der Waals surface area contributed by atoms with Crippen molar-refractivity contribution in [3.05, 3.63) is 36.5 Å². The van der Waals surface area contributed by atoms with Crippen LogP contribution in [-0.2, 0) is 18.4 Å². The molecule has 8 nitrogen and oxygen atoms in total. The summed E-state index contributed by atoms with van der Waals surface area (Å²) in [5, 5.41) is 13.5. The van der Waals surface area contributed by atoms with Crippen molar-refractivity contribution in [2.45, 2.75) is 161 Å². The number of rotatable bonds is 32. The molecule has 258 valence electrons. The lowest BCUT2D eigenvalue weighted by molar-refractivity contribution is -0.123. The maximum atomic E-state index is 12.6. The summed E-state index contributed by atoms with van der Waals surface area (Å²) in [6, 6.07) is -0.877. The highest BCUT2D eigenvalue weighted by molar-refractivity contribution is 7.47. The standard InChI is InChI=1S/C35H67N2O6P/c1-3-5-7-9-11-13-14-15-16-17-18-19-21-22-24-26-28-34(38)33(32-43-44(40,41)42-31-30-36)37-35(39)29-27-25-23-20-12-10-8-6-4-2/h15-16,19,21,26,28,33-34,38H,3-14,17-18,20,22-25,27,29-32,36H2,1-2H3,(H,37,39)(H,40,41)/b16-15+,21-19+,28-26+. The minimum atomic E-state index is -4.33. The third kappa shape index (κ3) is 29.4. The van der Waals surface area contributed by atoms with Crippen LogP contribution in [0, 0.1) is 0 Å². The average Bonchev–Trinajstić information content (AvgIpc) is 3.01. The van der Waals surface area contributed by atoms with Crippen LogP contribution in [0.25, 0.3) is 0 Å². The van der Waals surface area contributed by atoms with Gasteiger partial charge in [-0.3, -0.25) is 13.8 Å². The highest BCUT2D eigenvalue weighted by Crippen LogP contribution is 2.43. The van der Waals surface area contributed by atoms with Gasteiger partial charge in [-0.2, -0.15) is 0 Å². The van der Waals surface area contributed by atoms with Gasteiger partial charge in [0.1, 0.15) is 0 Å². The number of unbranched alkanes of at least 4 members (excludes halogenated alkanes) is 16. The Balaban J connectivity index is 4.45. The fourth-order valence-corrected chi connectivity index (χ4v) is 5.51. The van der Waals surface area contributed by atoms with Gasteiger partial charge in [-0.15, -0.1) is 0 Å². The predicted molar refractivity (Wildman–Crippen MR) is 184 cm³/mol. The molecule has 0 aromatic carbocycles. The Hall–Kier alpha value is -1.28. The molecule has 0 aliphatic carbocycles. The number of nitrogens with one attached hydrogen (secondary N) is 1. The molecule has 0 aliphatic rings. The molecule has 0 radical (unpaired) electrons. The van der Waals surface area contributed by atoms with Crippen molar-refractivity contribution in [3.8, 4) is 0 Å². The van der Waals surface area contributed by atoms with Gasteiger partial charge in [0.15, 0.2) is 0 Å². The molecule has 1 amide bonds. The van der Waals surface area contributed by atoms with E-state index in [1.54, 1.807) is 6.08 Å². The van der Waals surface area contributed by atoms with Crippen molar-refractivity contribution in [1.29, 1.82) is 0 Å². The zero-order chi connectivity index (χ0) is 32.6. The van der Waals surface area contributed by atoms with Crippen molar-refractivity contribution >= 4 is 13.7 Å². The quantitative estimate of drug-likeness (QED) is 0.0328. The molecule has 0 saturated carbocycles. The summed E-state index contributed by atoms with van der Waals surface area (Å²) in [6.45, 7) is 4.04. The fourth-order valence-electron chi connectivity index (χ4n) is 4.75.